The van der Waals surface area contributed by atoms with E-state index in [1.54, 1.807) is 0 Å². The van der Waals surface area contributed by atoms with Crippen molar-refractivity contribution in [3.05, 3.63) is 186 Å². The maximum Gasteiger partial charge on any atom is 0.333 e. The quantitative estimate of drug-likeness (QED) is 0.165. The molecule has 0 saturated heterocycles. The van der Waals surface area contributed by atoms with Gasteiger partial charge in [0.1, 0.15) is 11.2 Å². The molecule has 0 fully saturated rings. The zero-order valence-corrected chi connectivity index (χ0v) is 37.9. The molecular formula is C58H49BN2OSi. The molecule has 63 heavy (non-hydrogen) atoms. The van der Waals surface area contributed by atoms with E-state index in [1.165, 1.54) is 99.9 Å². The van der Waals surface area contributed by atoms with Crippen LogP contribution in [0.1, 0.15) is 62.8 Å². The highest BCUT2D eigenvalue weighted by atomic mass is 28.3. The van der Waals surface area contributed by atoms with Gasteiger partial charge in [0.2, 0.25) is 0 Å². The predicted molar refractivity (Wildman–Crippen MR) is 269 cm³/mol. The molecule has 1 aromatic heterocycles. The summed E-state index contributed by atoms with van der Waals surface area (Å²) in [6.45, 7) is 14.3. The molecule has 304 valence electrons. The van der Waals surface area contributed by atoms with Gasteiger partial charge in [-0.05, 0) is 121 Å². The largest absolute Gasteiger partial charge is 0.456 e. The Morgan fingerprint density at radius 3 is 1.92 bits per heavy atom. The minimum Gasteiger partial charge on any atom is -0.456 e. The molecule has 4 heterocycles. The first-order valence-electron chi connectivity index (χ1n) is 22.8. The van der Waals surface area contributed by atoms with Crippen molar-refractivity contribution in [2.75, 3.05) is 9.71 Å². The van der Waals surface area contributed by atoms with Crippen molar-refractivity contribution in [2.24, 2.45) is 0 Å². The molecule has 0 atom stereocenters. The predicted octanol–water partition coefficient (Wildman–Crippen LogP) is 11.0. The van der Waals surface area contributed by atoms with E-state index in [4.69, 9.17) is 4.42 Å². The molecule has 0 bridgehead atoms. The number of rotatable bonds is 3. The first kappa shape index (κ1) is 37.0. The van der Waals surface area contributed by atoms with Crippen molar-refractivity contribution < 1.29 is 4.42 Å². The Balaban J connectivity index is 1.18. The third-order valence-corrected chi connectivity index (χ3v) is 20.3. The van der Waals surface area contributed by atoms with Gasteiger partial charge in [-0.15, -0.1) is 0 Å². The van der Waals surface area contributed by atoms with Crippen LogP contribution < -0.4 is 41.4 Å². The van der Waals surface area contributed by atoms with E-state index in [0.29, 0.717) is 0 Å². The number of nitrogens with zero attached hydrogens (tertiary/aromatic N) is 2. The van der Waals surface area contributed by atoms with Crippen LogP contribution in [0.25, 0.3) is 33.1 Å². The van der Waals surface area contributed by atoms with Crippen LogP contribution in [-0.2, 0) is 10.8 Å². The Hall–Kier alpha value is -6.56. The van der Waals surface area contributed by atoms with Gasteiger partial charge < -0.3 is 14.1 Å². The first-order chi connectivity index (χ1) is 30.6. The number of anilines is 5. The van der Waals surface area contributed by atoms with Crippen molar-refractivity contribution in [2.45, 2.75) is 65.2 Å². The van der Waals surface area contributed by atoms with Crippen LogP contribution in [-0.4, -0.2) is 14.9 Å². The number of fused-ring (bicyclic) bond motifs is 10. The van der Waals surface area contributed by atoms with Crippen molar-refractivity contribution >= 4 is 97.0 Å². The van der Waals surface area contributed by atoms with Crippen LogP contribution in [0.4, 0.5) is 28.4 Å². The summed E-state index contributed by atoms with van der Waals surface area (Å²) in [5, 5.41) is 8.00. The Labute approximate surface area is 371 Å². The highest BCUT2D eigenvalue weighted by molar-refractivity contribution is 7.22. The fourth-order valence-electron chi connectivity index (χ4n) is 12.5. The zero-order valence-electron chi connectivity index (χ0n) is 36.9. The second kappa shape index (κ2) is 12.8. The number of aryl methyl sites for hydroxylation is 2. The Bertz CT molecular complexity index is 3360. The number of benzene rings is 8. The highest BCUT2D eigenvalue weighted by Crippen LogP contribution is 2.52. The van der Waals surface area contributed by atoms with Crippen molar-refractivity contribution in [3.63, 3.8) is 0 Å². The summed E-state index contributed by atoms with van der Waals surface area (Å²) in [7, 11) is -2.85. The van der Waals surface area contributed by atoms with E-state index in [0.717, 1.165) is 28.4 Å². The highest BCUT2D eigenvalue weighted by Gasteiger charge is 2.55. The summed E-state index contributed by atoms with van der Waals surface area (Å²) in [6.07, 6.45) is 2.35. The molecule has 5 heteroatoms. The molecule has 8 aromatic carbocycles. The summed E-state index contributed by atoms with van der Waals surface area (Å²) >= 11 is 0. The number of hydrogen-bond acceptors (Lipinski definition) is 3. The van der Waals surface area contributed by atoms with Crippen LogP contribution in [0.3, 0.4) is 0 Å². The van der Waals surface area contributed by atoms with Crippen molar-refractivity contribution in [1.29, 1.82) is 0 Å². The maximum absolute atomic E-state index is 6.79. The number of furan rings is 1. The second-order valence-electron chi connectivity index (χ2n) is 20.0. The standard InChI is InChI=1S/C58H49BN2OSi/c1-36-30-43-41-23-17-27-54-56(41)61(47-24-14-16-26-53(47)63(54,38-18-9-7-10-19-38)39-20-11-8-12-21-39)59-46-33-42-40-22-13-15-25-51(40)62-52(42)35-49(46)60(50(31-36)55(43)59)48-34-45-44(32-37(48)2)57(3,4)28-29-58(45,5)6/h7-27,30-35H,28-29H2,1-6H3. The minimum absolute atomic E-state index is 0.0594. The lowest BCUT2D eigenvalue weighted by Gasteiger charge is -2.52. The van der Waals surface area contributed by atoms with Crippen LogP contribution in [0.2, 0.25) is 0 Å². The average molecular weight is 829 g/mol. The maximum atomic E-state index is 6.79. The van der Waals surface area contributed by atoms with E-state index in [2.05, 4.69) is 215 Å². The summed E-state index contributed by atoms with van der Waals surface area (Å²) in [4.78, 5) is 5.38. The lowest BCUT2D eigenvalue weighted by Crippen LogP contribution is -2.79. The number of hydrogen-bond donors (Lipinski definition) is 0. The third-order valence-electron chi connectivity index (χ3n) is 15.5. The van der Waals surface area contributed by atoms with Gasteiger partial charge in [-0.25, -0.2) is 0 Å². The van der Waals surface area contributed by atoms with Crippen LogP contribution in [0.15, 0.2) is 168 Å². The molecule has 0 amide bonds. The molecule has 4 aliphatic rings. The van der Waals surface area contributed by atoms with Crippen LogP contribution in [0.5, 0.6) is 0 Å². The fraction of sp³-hybridized carbons (Fsp3) is 0.172. The van der Waals surface area contributed by atoms with Crippen molar-refractivity contribution in [3.8, 4) is 11.1 Å². The Morgan fingerprint density at radius 2 is 1.17 bits per heavy atom. The molecule has 3 aliphatic heterocycles. The van der Waals surface area contributed by atoms with Gasteiger partial charge in [0.25, 0.3) is 0 Å². The second-order valence-corrected chi connectivity index (χ2v) is 23.7. The van der Waals surface area contributed by atoms with Gasteiger partial charge in [0.15, 0.2) is 8.07 Å². The lowest BCUT2D eigenvalue weighted by molar-refractivity contribution is 0.332. The SMILES string of the molecule is Cc1cc2c3c(c1)N(c1cc4c(cc1C)C(C)(C)CCC4(C)C)c1cc4oc5ccccc5c4cc1B3N1c3ccccc3[Si](c3ccccc3)(c3ccccc3)c3cccc-2c31. The monoisotopic (exact) mass is 828 g/mol. The fourth-order valence-corrected chi connectivity index (χ4v) is 17.6. The van der Waals surface area contributed by atoms with Gasteiger partial charge >= 0.3 is 6.85 Å². The molecule has 13 rings (SSSR count). The molecule has 9 aromatic rings. The molecule has 0 spiro atoms. The van der Waals surface area contributed by atoms with E-state index >= 15 is 0 Å². The van der Waals surface area contributed by atoms with Gasteiger partial charge in [-0.1, -0.05) is 161 Å². The topological polar surface area (TPSA) is 19.6 Å². The third kappa shape index (κ3) is 4.86. The molecular weight excluding hydrogens is 780 g/mol. The summed E-state index contributed by atoms with van der Waals surface area (Å²) < 4.78 is 6.79. The summed E-state index contributed by atoms with van der Waals surface area (Å²) in [6, 6.07) is 62.9. The Morgan fingerprint density at radius 1 is 0.524 bits per heavy atom. The van der Waals surface area contributed by atoms with Gasteiger partial charge in [0.05, 0.1) is 0 Å². The van der Waals surface area contributed by atoms with Gasteiger partial charge in [0, 0.05) is 50.8 Å². The summed E-state index contributed by atoms with van der Waals surface area (Å²) in [5.74, 6) is 0. The van der Waals surface area contributed by atoms with Crippen molar-refractivity contribution in [1.82, 2.24) is 0 Å². The van der Waals surface area contributed by atoms with E-state index < -0.39 is 8.07 Å². The molecule has 1 aliphatic carbocycles. The first-order valence-corrected chi connectivity index (χ1v) is 24.8. The normalized spacial score (nSPS) is 16.9. The van der Waals surface area contributed by atoms with Gasteiger partial charge in [-0.3, -0.25) is 0 Å². The lowest BCUT2D eigenvalue weighted by atomic mass is 9.43. The van der Waals surface area contributed by atoms with Gasteiger partial charge in [-0.2, -0.15) is 0 Å². The molecule has 0 radical (unpaired) electrons. The Kier molecular flexibility index (Phi) is 7.51. The minimum atomic E-state index is -2.85. The smallest absolute Gasteiger partial charge is 0.333 e. The summed E-state index contributed by atoms with van der Waals surface area (Å²) in [5.41, 5.74) is 19.2. The van der Waals surface area contributed by atoms with Crippen LogP contribution in [0, 0.1) is 13.8 Å². The zero-order chi connectivity index (χ0) is 42.6. The van der Waals surface area contributed by atoms with E-state index in [1.807, 2.05) is 0 Å². The van der Waals surface area contributed by atoms with E-state index in [-0.39, 0.29) is 17.7 Å². The van der Waals surface area contributed by atoms with E-state index in [9.17, 15) is 0 Å². The molecule has 0 N–H and O–H groups in total. The molecule has 0 unspecified atom stereocenters. The van der Waals surface area contributed by atoms with Crippen LogP contribution >= 0.6 is 0 Å². The molecule has 3 nitrogen and oxygen atoms in total. The number of para-hydroxylation sites is 3. The average Bonchev–Trinajstić information content (AvgIpc) is 3.66. The molecule has 0 saturated carbocycles.